The molecule has 160 valence electrons. The SMILES string of the molecule is C=NN(/C=C(\N)c1n[nH]c2ccccc12)c1ccc(C(=O)N2CCOCC2)c(OC)c1. The first kappa shape index (κ1) is 20.4. The number of ether oxygens (including phenoxy) is 2. The lowest BCUT2D eigenvalue weighted by atomic mass is 10.1. The van der Waals surface area contributed by atoms with Crippen molar-refractivity contribution in [3.8, 4) is 5.75 Å². The van der Waals surface area contributed by atoms with Crippen LogP contribution in [0.3, 0.4) is 0 Å². The molecule has 1 aromatic heterocycles. The van der Waals surface area contributed by atoms with Crippen molar-refractivity contribution in [2.75, 3.05) is 38.4 Å². The van der Waals surface area contributed by atoms with Gasteiger partial charge in [-0.15, -0.1) is 0 Å². The van der Waals surface area contributed by atoms with Crippen molar-refractivity contribution in [3.05, 3.63) is 59.9 Å². The highest BCUT2D eigenvalue weighted by Crippen LogP contribution is 2.29. The molecule has 1 saturated heterocycles. The molecule has 31 heavy (non-hydrogen) atoms. The zero-order chi connectivity index (χ0) is 21.8. The van der Waals surface area contributed by atoms with E-state index in [2.05, 4.69) is 22.0 Å². The van der Waals surface area contributed by atoms with E-state index in [-0.39, 0.29) is 5.91 Å². The van der Waals surface area contributed by atoms with E-state index in [0.717, 1.165) is 10.9 Å². The monoisotopic (exact) mass is 420 g/mol. The first-order chi connectivity index (χ1) is 15.1. The molecular weight excluding hydrogens is 396 g/mol. The number of carbonyl (C=O) groups excluding carboxylic acids is 1. The van der Waals surface area contributed by atoms with E-state index < -0.39 is 0 Å². The largest absolute Gasteiger partial charge is 0.496 e. The maximum Gasteiger partial charge on any atom is 0.257 e. The molecule has 1 aliphatic rings. The number of aromatic amines is 1. The Hall–Kier alpha value is -3.85. The highest BCUT2D eigenvalue weighted by atomic mass is 16.5. The predicted octanol–water partition coefficient (Wildman–Crippen LogP) is 2.42. The zero-order valence-corrected chi connectivity index (χ0v) is 17.2. The highest BCUT2D eigenvalue weighted by molar-refractivity contribution is 5.97. The van der Waals surface area contributed by atoms with Gasteiger partial charge in [0, 0.05) is 31.3 Å². The summed E-state index contributed by atoms with van der Waals surface area (Å²) < 4.78 is 10.8. The summed E-state index contributed by atoms with van der Waals surface area (Å²) in [6.45, 7) is 5.82. The number of nitrogens with one attached hydrogen (secondary N) is 1. The molecular formula is C22H24N6O3. The molecule has 0 saturated carbocycles. The number of rotatable bonds is 6. The molecule has 0 radical (unpaired) electrons. The number of morpholine rings is 1. The van der Waals surface area contributed by atoms with Crippen LogP contribution in [-0.4, -0.2) is 61.1 Å². The molecule has 2 aromatic carbocycles. The highest BCUT2D eigenvalue weighted by Gasteiger charge is 2.22. The van der Waals surface area contributed by atoms with Crippen molar-refractivity contribution in [1.82, 2.24) is 15.1 Å². The zero-order valence-electron chi connectivity index (χ0n) is 17.2. The number of anilines is 1. The summed E-state index contributed by atoms with van der Waals surface area (Å²) in [5.74, 6) is 0.350. The summed E-state index contributed by atoms with van der Waals surface area (Å²) in [5.41, 5.74) is 9.36. The Kier molecular flexibility index (Phi) is 5.85. The number of hydrogen-bond acceptors (Lipinski definition) is 7. The Balaban J connectivity index is 1.63. The lowest BCUT2D eigenvalue weighted by Crippen LogP contribution is -2.40. The van der Waals surface area contributed by atoms with Gasteiger partial charge in [-0.25, -0.2) is 5.01 Å². The molecule has 3 N–H and O–H groups in total. The molecule has 2 heterocycles. The summed E-state index contributed by atoms with van der Waals surface area (Å²) in [4.78, 5) is 14.6. The molecule has 0 aliphatic carbocycles. The number of hydrogen-bond donors (Lipinski definition) is 2. The van der Waals surface area contributed by atoms with E-state index in [4.69, 9.17) is 15.2 Å². The van der Waals surface area contributed by atoms with Crippen molar-refractivity contribution in [1.29, 1.82) is 0 Å². The van der Waals surface area contributed by atoms with Crippen LogP contribution in [0.25, 0.3) is 16.6 Å². The summed E-state index contributed by atoms with van der Waals surface area (Å²) in [6.07, 6.45) is 1.63. The summed E-state index contributed by atoms with van der Waals surface area (Å²) in [5, 5.41) is 13.7. The summed E-state index contributed by atoms with van der Waals surface area (Å²) in [6, 6.07) is 12.9. The third-order valence-corrected chi connectivity index (χ3v) is 5.14. The third kappa shape index (κ3) is 4.08. The van der Waals surface area contributed by atoms with Crippen molar-refractivity contribution in [2.24, 2.45) is 10.8 Å². The molecule has 0 bridgehead atoms. The number of nitrogens with two attached hydrogens (primary N) is 1. The Morgan fingerprint density at radius 1 is 1.32 bits per heavy atom. The van der Waals surface area contributed by atoms with Gasteiger partial charge < -0.3 is 20.1 Å². The number of hydrazone groups is 1. The van der Waals surface area contributed by atoms with Crippen LogP contribution in [0.1, 0.15) is 16.1 Å². The smallest absolute Gasteiger partial charge is 0.257 e. The Labute approximate surface area is 179 Å². The number of para-hydroxylation sites is 1. The lowest BCUT2D eigenvalue weighted by molar-refractivity contribution is 0.0301. The number of carbonyl (C=O) groups is 1. The minimum absolute atomic E-state index is 0.0946. The van der Waals surface area contributed by atoms with Crippen LogP contribution in [0.5, 0.6) is 5.75 Å². The van der Waals surface area contributed by atoms with Crippen LogP contribution in [0, 0.1) is 0 Å². The van der Waals surface area contributed by atoms with Gasteiger partial charge in [-0.3, -0.25) is 9.89 Å². The van der Waals surface area contributed by atoms with Crippen LogP contribution in [0.4, 0.5) is 5.69 Å². The third-order valence-electron chi connectivity index (χ3n) is 5.14. The van der Waals surface area contributed by atoms with Crippen LogP contribution < -0.4 is 15.5 Å². The minimum atomic E-state index is -0.0946. The quantitative estimate of drug-likeness (QED) is 0.468. The van der Waals surface area contributed by atoms with Gasteiger partial charge in [0.2, 0.25) is 0 Å². The van der Waals surface area contributed by atoms with Gasteiger partial charge in [0.05, 0.1) is 49.0 Å². The van der Waals surface area contributed by atoms with Crippen LogP contribution in [-0.2, 0) is 4.74 Å². The molecule has 1 fully saturated rings. The Morgan fingerprint density at radius 3 is 2.84 bits per heavy atom. The lowest BCUT2D eigenvalue weighted by Gasteiger charge is -2.27. The topological polar surface area (TPSA) is 109 Å². The number of methoxy groups -OCH3 is 1. The minimum Gasteiger partial charge on any atom is -0.496 e. The normalized spacial score (nSPS) is 14.5. The van der Waals surface area contributed by atoms with Gasteiger partial charge in [0.15, 0.2) is 0 Å². The van der Waals surface area contributed by atoms with Crippen LogP contribution in [0.2, 0.25) is 0 Å². The van der Waals surface area contributed by atoms with E-state index in [9.17, 15) is 4.79 Å². The van der Waals surface area contributed by atoms with Gasteiger partial charge in [-0.05, 0) is 18.2 Å². The van der Waals surface area contributed by atoms with Crippen molar-refractivity contribution >= 4 is 34.9 Å². The second kappa shape index (κ2) is 8.88. The molecule has 1 aliphatic heterocycles. The molecule has 0 atom stereocenters. The van der Waals surface area contributed by atoms with Gasteiger partial charge >= 0.3 is 0 Å². The van der Waals surface area contributed by atoms with Gasteiger partial charge in [0.1, 0.15) is 11.4 Å². The van der Waals surface area contributed by atoms with Crippen molar-refractivity contribution in [3.63, 3.8) is 0 Å². The van der Waals surface area contributed by atoms with Crippen molar-refractivity contribution in [2.45, 2.75) is 0 Å². The van der Waals surface area contributed by atoms with Gasteiger partial charge in [-0.2, -0.15) is 10.2 Å². The second-order valence-corrected chi connectivity index (χ2v) is 6.98. The second-order valence-electron chi connectivity index (χ2n) is 6.98. The van der Waals surface area contributed by atoms with E-state index in [0.29, 0.717) is 54.7 Å². The molecule has 0 unspecified atom stereocenters. The fourth-order valence-electron chi connectivity index (χ4n) is 3.51. The van der Waals surface area contributed by atoms with E-state index >= 15 is 0 Å². The van der Waals surface area contributed by atoms with Gasteiger partial charge in [-0.1, -0.05) is 18.2 Å². The first-order valence-corrected chi connectivity index (χ1v) is 9.84. The number of aromatic nitrogens is 2. The molecule has 0 spiro atoms. The van der Waals surface area contributed by atoms with Gasteiger partial charge in [0.25, 0.3) is 5.91 Å². The number of fused-ring (bicyclic) bond motifs is 1. The first-order valence-electron chi connectivity index (χ1n) is 9.84. The fourth-order valence-corrected chi connectivity index (χ4v) is 3.51. The van der Waals surface area contributed by atoms with E-state index in [1.807, 2.05) is 24.3 Å². The average molecular weight is 420 g/mol. The van der Waals surface area contributed by atoms with Crippen molar-refractivity contribution < 1.29 is 14.3 Å². The van der Waals surface area contributed by atoms with E-state index in [1.165, 1.54) is 12.1 Å². The Bertz CT molecular complexity index is 1130. The standard InChI is InChI=1S/C22H24N6O3/c1-24-28(14-18(23)21-16-5-3-4-6-19(16)25-26-21)15-7-8-17(20(13-15)30-2)22(29)27-9-11-31-12-10-27/h3-8,13-14H,1,9-12,23H2,2H3,(H,25,26)/b18-14-. The molecule has 3 aromatic rings. The number of amides is 1. The molecule has 9 nitrogen and oxygen atoms in total. The summed E-state index contributed by atoms with van der Waals surface area (Å²) >= 11 is 0. The molecule has 4 rings (SSSR count). The molecule has 1 amide bonds. The van der Waals surface area contributed by atoms with Crippen LogP contribution >= 0.6 is 0 Å². The average Bonchev–Trinajstić information content (AvgIpc) is 3.26. The maximum absolute atomic E-state index is 12.9. The fraction of sp³-hybridized carbons (Fsp3) is 0.227. The van der Waals surface area contributed by atoms with Crippen LogP contribution in [0.15, 0.2) is 53.8 Å². The summed E-state index contributed by atoms with van der Waals surface area (Å²) in [7, 11) is 1.53. The maximum atomic E-state index is 12.9. The Morgan fingerprint density at radius 2 is 2.10 bits per heavy atom. The van der Waals surface area contributed by atoms with E-state index in [1.54, 1.807) is 29.3 Å². The number of H-pyrrole nitrogens is 1. The molecule has 9 heteroatoms. The number of nitrogens with zero attached hydrogens (tertiary/aromatic N) is 4. The predicted molar refractivity (Wildman–Crippen MR) is 120 cm³/mol. The number of benzene rings is 2.